The van der Waals surface area contributed by atoms with E-state index >= 15 is 0 Å². The van der Waals surface area contributed by atoms with Gasteiger partial charge in [0.05, 0.1) is 37.9 Å². The fraction of sp³-hybridized carbons (Fsp3) is 0.780. The first-order valence-corrected chi connectivity index (χ1v) is 21.8. The predicted octanol–water partition coefficient (Wildman–Crippen LogP) is 9.91. The highest BCUT2D eigenvalue weighted by molar-refractivity contribution is 7.47. The van der Waals surface area contributed by atoms with Crippen LogP contribution in [0.15, 0.2) is 48.6 Å². The molecule has 1 amide bonds. The summed E-state index contributed by atoms with van der Waals surface area (Å²) in [4.78, 5) is 22.6. The second-order valence-electron chi connectivity index (χ2n) is 13.7. The van der Waals surface area contributed by atoms with Crippen LogP contribution in [0.1, 0.15) is 168 Å². The third kappa shape index (κ3) is 35.2. The lowest BCUT2D eigenvalue weighted by atomic mass is 10.1. The number of nitrogens with two attached hydrogens (primary N) is 1. The monoisotopic (exact) mass is 741 g/mol. The molecule has 0 aromatic carbocycles. The molecule has 0 heterocycles. The molecule has 0 spiro atoms. The molecule has 0 aliphatic heterocycles. The molecular formula is C41H77N2O7P. The minimum Gasteiger partial charge on any atom is -0.393 e. The number of aliphatic hydroxyl groups excluding tert-OH is 2. The van der Waals surface area contributed by atoms with Crippen molar-refractivity contribution < 1.29 is 33.5 Å². The standard InChI is InChI=1S/C41H77N2O7P/c1-3-5-7-9-11-13-14-15-16-17-18-19-20-21-22-23-25-27-29-31-33-40(45)39(37-50-51(47,48)49-35-34-42)43-41(46)36-38(44)32-30-28-26-24-12-10-8-6-4-2/h10,12,19-20,23,25,31,33,38-40,44-45H,3-9,11,13-18,21-22,24,26-30,32,34-37,42H2,1-2H3,(H,43,46)(H,47,48)/b12-10-,20-19+,25-23+,33-31+. The van der Waals surface area contributed by atoms with Crippen molar-refractivity contribution in [1.29, 1.82) is 0 Å². The second kappa shape index (κ2) is 36.8. The van der Waals surface area contributed by atoms with E-state index in [1.807, 2.05) is 6.08 Å². The van der Waals surface area contributed by atoms with Crippen LogP contribution in [-0.4, -0.2) is 59.0 Å². The van der Waals surface area contributed by atoms with Gasteiger partial charge in [-0.15, -0.1) is 0 Å². The Labute approximate surface area is 312 Å². The number of phosphoric acid groups is 1. The number of carbonyl (C=O) groups is 1. The fourth-order valence-electron chi connectivity index (χ4n) is 5.54. The minimum atomic E-state index is -4.41. The Hall–Kier alpha value is -1.58. The van der Waals surface area contributed by atoms with E-state index in [0.717, 1.165) is 57.8 Å². The van der Waals surface area contributed by atoms with Crippen molar-refractivity contribution in [3.63, 3.8) is 0 Å². The van der Waals surface area contributed by atoms with Crippen molar-refractivity contribution >= 4 is 13.7 Å². The number of unbranched alkanes of at least 4 members (excludes halogenated alkanes) is 17. The molecule has 0 aromatic heterocycles. The molecule has 0 saturated heterocycles. The largest absolute Gasteiger partial charge is 0.472 e. The first-order chi connectivity index (χ1) is 24.8. The van der Waals surface area contributed by atoms with Crippen molar-refractivity contribution in [2.75, 3.05) is 19.8 Å². The molecular weight excluding hydrogens is 663 g/mol. The average Bonchev–Trinajstić information content (AvgIpc) is 3.10. The van der Waals surface area contributed by atoms with Crippen LogP contribution in [0, 0.1) is 0 Å². The van der Waals surface area contributed by atoms with Crippen LogP contribution in [0.4, 0.5) is 0 Å². The summed E-state index contributed by atoms with van der Waals surface area (Å²) in [6.07, 6.45) is 40.7. The molecule has 0 aliphatic rings. The first kappa shape index (κ1) is 49.4. The van der Waals surface area contributed by atoms with Crippen LogP contribution in [0.2, 0.25) is 0 Å². The Morgan fingerprint density at radius 1 is 0.667 bits per heavy atom. The van der Waals surface area contributed by atoms with Gasteiger partial charge in [0, 0.05) is 6.54 Å². The number of nitrogens with one attached hydrogen (secondary N) is 1. The molecule has 0 rings (SSSR count). The van der Waals surface area contributed by atoms with E-state index in [4.69, 9.17) is 14.8 Å². The summed E-state index contributed by atoms with van der Waals surface area (Å²) in [5, 5.41) is 23.9. The van der Waals surface area contributed by atoms with E-state index in [9.17, 15) is 24.5 Å². The number of hydrogen-bond acceptors (Lipinski definition) is 7. The summed E-state index contributed by atoms with van der Waals surface area (Å²) < 4.78 is 22.0. The van der Waals surface area contributed by atoms with Crippen molar-refractivity contribution in [2.45, 2.75) is 186 Å². The summed E-state index contributed by atoms with van der Waals surface area (Å²) in [5.41, 5.74) is 5.34. The van der Waals surface area contributed by atoms with Gasteiger partial charge in [0.15, 0.2) is 0 Å². The van der Waals surface area contributed by atoms with Crippen LogP contribution in [-0.2, 0) is 18.4 Å². The van der Waals surface area contributed by atoms with Gasteiger partial charge in [-0.25, -0.2) is 4.57 Å². The van der Waals surface area contributed by atoms with Crippen molar-refractivity contribution in [2.24, 2.45) is 5.73 Å². The number of amides is 1. The van der Waals surface area contributed by atoms with Crippen LogP contribution in [0.5, 0.6) is 0 Å². The Kier molecular flexibility index (Phi) is 35.6. The van der Waals surface area contributed by atoms with Gasteiger partial charge in [-0.05, 0) is 64.2 Å². The molecule has 0 aliphatic carbocycles. The van der Waals surface area contributed by atoms with E-state index in [2.05, 4.69) is 55.6 Å². The number of phosphoric ester groups is 1. The van der Waals surface area contributed by atoms with E-state index in [1.165, 1.54) is 77.0 Å². The maximum absolute atomic E-state index is 12.7. The van der Waals surface area contributed by atoms with Crippen molar-refractivity contribution in [1.82, 2.24) is 5.32 Å². The highest BCUT2D eigenvalue weighted by atomic mass is 31.2. The maximum atomic E-state index is 12.7. The van der Waals surface area contributed by atoms with Gasteiger partial charge in [0.1, 0.15) is 0 Å². The summed E-state index contributed by atoms with van der Waals surface area (Å²) in [7, 11) is -4.41. The molecule has 4 atom stereocenters. The van der Waals surface area contributed by atoms with Gasteiger partial charge in [-0.1, -0.05) is 146 Å². The number of rotatable bonds is 37. The van der Waals surface area contributed by atoms with Crippen LogP contribution in [0.25, 0.3) is 0 Å². The van der Waals surface area contributed by atoms with Crippen LogP contribution in [0.3, 0.4) is 0 Å². The molecule has 0 aromatic rings. The molecule has 51 heavy (non-hydrogen) atoms. The fourth-order valence-corrected chi connectivity index (χ4v) is 6.30. The molecule has 9 nitrogen and oxygen atoms in total. The lowest BCUT2D eigenvalue weighted by Crippen LogP contribution is -2.46. The normalized spacial score (nSPS) is 15.3. The predicted molar refractivity (Wildman–Crippen MR) is 213 cm³/mol. The Bertz CT molecular complexity index is 956. The molecule has 0 radical (unpaired) electrons. The lowest BCUT2D eigenvalue weighted by Gasteiger charge is -2.24. The highest BCUT2D eigenvalue weighted by Gasteiger charge is 2.27. The molecule has 10 heteroatoms. The third-order valence-corrected chi connectivity index (χ3v) is 9.64. The first-order valence-electron chi connectivity index (χ1n) is 20.3. The van der Waals surface area contributed by atoms with Crippen LogP contribution < -0.4 is 11.1 Å². The van der Waals surface area contributed by atoms with E-state index in [1.54, 1.807) is 6.08 Å². The Morgan fingerprint density at radius 2 is 1.14 bits per heavy atom. The smallest absolute Gasteiger partial charge is 0.393 e. The van der Waals surface area contributed by atoms with Gasteiger partial charge < -0.3 is 26.2 Å². The van der Waals surface area contributed by atoms with Gasteiger partial charge >= 0.3 is 7.82 Å². The van der Waals surface area contributed by atoms with Gasteiger partial charge in [-0.2, -0.15) is 0 Å². The zero-order valence-corrected chi connectivity index (χ0v) is 33.3. The van der Waals surface area contributed by atoms with Gasteiger partial charge in [-0.3, -0.25) is 13.8 Å². The summed E-state index contributed by atoms with van der Waals surface area (Å²) in [6.45, 7) is 3.86. The van der Waals surface area contributed by atoms with E-state index in [0.29, 0.717) is 12.8 Å². The number of carbonyl (C=O) groups excluding carboxylic acids is 1. The minimum absolute atomic E-state index is 0.0393. The summed E-state index contributed by atoms with van der Waals surface area (Å²) >= 11 is 0. The summed E-state index contributed by atoms with van der Waals surface area (Å²) in [6, 6.07) is -1.01. The quantitative estimate of drug-likeness (QED) is 0.0240. The molecule has 4 unspecified atom stereocenters. The second-order valence-corrected chi connectivity index (χ2v) is 15.1. The molecule has 6 N–H and O–H groups in total. The zero-order chi connectivity index (χ0) is 37.7. The Balaban J connectivity index is 4.44. The molecule has 0 saturated carbocycles. The Morgan fingerprint density at radius 3 is 1.69 bits per heavy atom. The molecule has 298 valence electrons. The van der Waals surface area contributed by atoms with E-state index in [-0.39, 0.29) is 19.6 Å². The SMILES string of the molecule is CCCC/C=C\CCCCCC(O)CC(=O)NC(COP(=O)(O)OCCN)C(O)/C=C/CC/C=C/CC/C=C/CCCCCCCCCCCC. The average molecular weight is 741 g/mol. The van der Waals surface area contributed by atoms with Crippen LogP contribution >= 0.6 is 7.82 Å². The zero-order valence-electron chi connectivity index (χ0n) is 32.4. The number of aliphatic hydroxyl groups is 2. The van der Waals surface area contributed by atoms with Crippen molar-refractivity contribution in [3.05, 3.63) is 48.6 Å². The topological polar surface area (TPSA) is 151 Å². The van der Waals surface area contributed by atoms with Crippen molar-refractivity contribution in [3.8, 4) is 0 Å². The number of allylic oxidation sites excluding steroid dienone is 7. The highest BCUT2D eigenvalue weighted by Crippen LogP contribution is 2.43. The molecule has 0 bridgehead atoms. The maximum Gasteiger partial charge on any atom is 0.472 e. The van der Waals surface area contributed by atoms with Gasteiger partial charge in [0.25, 0.3) is 0 Å². The molecule has 0 fully saturated rings. The summed E-state index contributed by atoms with van der Waals surface area (Å²) in [5.74, 6) is -0.474. The third-order valence-electron chi connectivity index (χ3n) is 8.66. The van der Waals surface area contributed by atoms with Gasteiger partial charge in [0.2, 0.25) is 5.91 Å². The van der Waals surface area contributed by atoms with E-state index < -0.39 is 38.6 Å². The number of hydrogen-bond donors (Lipinski definition) is 5. The lowest BCUT2D eigenvalue weighted by molar-refractivity contribution is -0.124.